The van der Waals surface area contributed by atoms with Crippen molar-refractivity contribution in [2.75, 3.05) is 0 Å². The Kier molecular flexibility index (Phi) is 2.23. The van der Waals surface area contributed by atoms with Gasteiger partial charge in [-0.05, 0) is 11.4 Å². The van der Waals surface area contributed by atoms with Crippen molar-refractivity contribution in [3.63, 3.8) is 0 Å². The molecule has 0 N–H and O–H groups in total. The maximum absolute atomic E-state index is 10.5. The van der Waals surface area contributed by atoms with Crippen LogP contribution >= 0.6 is 11.3 Å². The lowest BCUT2D eigenvalue weighted by atomic mass is 10.2. The lowest BCUT2D eigenvalue weighted by molar-refractivity contribution is 0.112. The molecule has 0 atom stereocenters. The van der Waals surface area contributed by atoms with Crippen molar-refractivity contribution in [1.82, 2.24) is 5.16 Å². The monoisotopic (exact) mass is 193 g/mol. The third-order valence-corrected chi connectivity index (χ3v) is 2.59. The molecule has 66 valence electrons. The molecule has 2 heterocycles. The fourth-order valence-electron chi connectivity index (χ4n) is 1.07. The minimum atomic E-state index is 0.536. The number of carbonyl (C=O) groups is 1. The molecule has 0 amide bonds. The summed E-state index contributed by atoms with van der Waals surface area (Å²) in [6, 6.07) is 3.97. The van der Waals surface area contributed by atoms with Crippen LogP contribution in [-0.2, 0) is 6.42 Å². The number of aldehydes is 1. The van der Waals surface area contributed by atoms with E-state index in [0.717, 1.165) is 6.29 Å². The van der Waals surface area contributed by atoms with Gasteiger partial charge in [-0.25, -0.2) is 0 Å². The van der Waals surface area contributed by atoms with E-state index in [1.165, 1.54) is 11.1 Å². The highest BCUT2D eigenvalue weighted by Gasteiger charge is 2.07. The van der Waals surface area contributed by atoms with Gasteiger partial charge in [-0.2, -0.15) is 0 Å². The summed E-state index contributed by atoms with van der Waals surface area (Å²) in [4.78, 5) is 11.7. The summed E-state index contributed by atoms with van der Waals surface area (Å²) in [6.07, 6.45) is 2.85. The standard InChI is InChI=1S/C9H7NO2S/c11-6-7-5-10-12-9(7)4-8-2-1-3-13-8/h1-3,5-6H,4H2. The van der Waals surface area contributed by atoms with Crippen molar-refractivity contribution in [2.45, 2.75) is 6.42 Å². The van der Waals surface area contributed by atoms with Crippen LogP contribution in [0.4, 0.5) is 0 Å². The maximum Gasteiger partial charge on any atom is 0.155 e. The number of hydrogen-bond donors (Lipinski definition) is 0. The Bertz CT molecular complexity index is 391. The van der Waals surface area contributed by atoms with Gasteiger partial charge in [0.05, 0.1) is 11.8 Å². The molecule has 2 aromatic heterocycles. The van der Waals surface area contributed by atoms with Crippen molar-refractivity contribution in [3.8, 4) is 0 Å². The van der Waals surface area contributed by atoms with Crippen LogP contribution in [0.3, 0.4) is 0 Å². The van der Waals surface area contributed by atoms with E-state index in [0.29, 0.717) is 17.7 Å². The van der Waals surface area contributed by atoms with Gasteiger partial charge in [-0.1, -0.05) is 11.2 Å². The van der Waals surface area contributed by atoms with E-state index in [-0.39, 0.29) is 0 Å². The van der Waals surface area contributed by atoms with Gasteiger partial charge in [0.2, 0.25) is 0 Å². The summed E-state index contributed by atoms with van der Waals surface area (Å²) >= 11 is 1.64. The Labute approximate surface area is 79.0 Å². The van der Waals surface area contributed by atoms with Gasteiger partial charge in [0.25, 0.3) is 0 Å². The Balaban J connectivity index is 2.23. The third kappa shape index (κ3) is 1.67. The summed E-state index contributed by atoms with van der Waals surface area (Å²) < 4.78 is 4.95. The Hall–Kier alpha value is -1.42. The predicted octanol–water partition coefficient (Wildman–Crippen LogP) is 2.14. The molecule has 4 heteroatoms. The highest BCUT2D eigenvalue weighted by Crippen LogP contribution is 2.16. The maximum atomic E-state index is 10.5. The molecular formula is C9H7NO2S. The number of rotatable bonds is 3. The van der Waals surface area contributed by atoms with E-state index < -0.39 is 0 Å². The quantitative estimate of drug-likeness (QED) is 0.701. The molecule has 0 unspecified atom stereocenters. The van der Waals surface area contributed by atoms with Crippen molar-refractivity contribution in [2.24, 2.45) is 0 Å². The molecular weight excluding hydrogens is 186 g/mol. The zero-order valence-corrected chi connectivity index (χ0v) is 7.58. The Morgan fingerprint density at radius 2 is 2.54 bits per heavy atom. The molecule has 2 rings (SSSR count). The fraction of sp³-hybridized carbons (Fsp3) is 0.111. The molecule has 0 bridgehead atoms. The molecule has 0 aliphatic heterocycles. The van der Waals surface area contributed by atoms with E-state index in [2.05, 4.69) is 5.16 Å². The zero-order valence-electron chi connectivity index (χ0n) is 6.77. The number of aromatic nitrogens is 1. The smallest absolute Gasteiger partial charge is 0.155 e. The van der Waals surface area contributed by atoms with Gasteiger partial charge in [0, 0.05) is 11.3 Å². The normalized spacial score (nSPS) is 10.2. The first-order valence-corrected chi connectivity index (χ1v) is 4.69. The average molecular weight is 193 g/mol. The lowest BCUT2D eigenvalue weighted by Crippen LogP contribution is -1.86. The van der Waals surface area contributed by atoms with Crippen LogP contribution in [0, 0.1) is 0 Å². The Morgan fingerprint density at radius 3 is 3.23 bits per heavy atom. The van der Waals surface area contributed by atoms with Crippen LogP contribution in [-0.4, -0.2) is 11.4 Å². The molecule has 0 spiro atoms. The van der Waals surface area contributed by atoms with Crippen molar-refractivity contribution in [3.05, 3.63) is 39.9 Å². The topological polar surface area (TPSA) is 43.1 Å². The van der Waals surface area contributed by atoms with Crippen molar-refractivity contribution < 1.29 is 9.32 Å². The summed E-state index contributed by atoms with van der Waals surface area (Å²) in [6.45, 7) is 0. The molecule has 0 radical (unpaired) electrons. The van der Waals surface area contributed by atoms with E-state index >= 15 is 0 Å². The second-order valence-electron chi connectivity index (χ2n) is 2.58. The zero-order chi connectivity index (χ0) is 9.10. The van der Waals surface area contributed by atoms with Crippen LogP contribution in [0.25, 0.3) is 0 Å². The second-order valence-corrected chi connectivity index (χ2v) is 3.61. The molecule has 2 aromatic rings. The highest BCUT2D eigenvalue weighted by molar-refractivity contribution is 7.09. The van der Waals surface area contributed by atoms with Gasteiger partial charge in [-0.3, -0.25) is 4.79 Å². The van der Waals surface area contributed by atoms with Crippen molar-refractivity contribution in [1.29, 1.82) is 0 Å². The van der Waals surface area contributed by atoms with Crippen LogP contribution < -0.4 is 0 Å². The van der Waals surface area contributed by atoms with E-state index in [1.54, 1.807) is 11.3 Å². The molecule has 0 aliphatic rings. The average Bonchev–Trinajstić information content (AvgIpc) is 2.76. The van der Waals surface area contributed by atoms with Gasteiger partial charge in [-0.15, -0.1) is 11.3 Å². The predicted molar refractivity (Wildman–Crippen MR) is 49.0 cm³/mol. The Morgan fingerprint density at radius 1 is 1.62 bits per heavy atom. The van der Waals surface area contributed by atoms with Crippen LogP contribution in [0.2, 0.25) is 0 Å². The largest absolute Gasteiger partial charge is 0.360 e. The molecule has 0 aliphatic carbocycles. The lowest BCUT2D eigenvalue weighted by Gasteiger charge is -1.91. The molecule has 0 fully saturated rings. The molecule has 13 heavy (non-hydrogen) atoms. The summed E-state index contributed by atoms with van der Waals surface area (Å²) in [5, 5.41) is 5.56. The van der Waals surface area contributed by atoms with Crippen LogP contribution in [0.1, 0.15) is 21.0 Å². The molecule has 3 nitrogen and oxygen atoms in total. The van der Waals surface area contributed by atoms with E-state index in [4.69, 9.17) is 4.52 Å². The van der Waals surface area contributed by atoms with Gasteiger partial charge < -0.3 is 4.52 Å². The molecule has 0 saturated heterocycles. The number of hydrogen-bond acceptors (Lipinski definition) is 4. The van der Waals surface area contributed by atoms with Crippen molar-refractivity contribution >= 4 is 17.6 Å². The summed E-state index contributed by atoms with van der Waals surface area (Å²) in [7, 11) is 0. The first kappa shape index (κ1) is 8.19. The number of carbonyl (C=O) groups excluding carboxylic acids is 1. The minimum Gasteiger partial charge on any atom is -0.360 e. The first-order chi connectivity index (χ1) is 6.40. The number of nitrogens with zero attached hydrogens (tertiary/aromatic N) is 1. The first-order valence-electron chi connectivity index (χ1n) is 3.81. The van der Waals surface area contributed by atoms with E-state index in [1.807, 2.05) is 17.5 Å². The van der Waals surface area contributed by atoms with Gasteiger partial charge in [0.15, 0.2) is 12.0 Å². The van der Waals surface area contributed by atoms with Crippen LogP contribution in [0.5, 0.6) is 0 Å². The fourth-order valence-corrected chi connectivity index (χ4v) is 1.78. The SMILES string of the molecule is O=Cc1cnoc1Cc1cccs1. The van der Waals surface area contributed by atoms with Gasteiger partial charge >= 0.3 is 0 Å². The third-order valence-electron chi connectivity index (χ3n) is 1.72. The second kappa shape index (κ2) is 3.53. The number of thiophene rings is 1. The minimum absolute atomic E-state index is 0.536. The molecule has 0 saturated carbocycles. The summed E-state index contributed by atoms with van der Waals surface area (Å²) in [5.74, 6) is 0.637. The summed E-state index contributed by atoms with van der Waals surface area (Å²) in [5.41, 5.74) is 0.536. The van der Waals surface area contributed by atoms with E-state index in [9.17, 15) is 4.79 Å². The van der Waals surface area contributed by atoms with Crippen LogP contribution in [0.15, 0.2) is 28.2 Å². The highest BCUT2D eigenvalue weighted by atomic mass is 32.1. The van der Waals surface area contributed by atoms with Gasteiger partial charge in [0.1, 0.15) is 0 Å². The molecule has 0 aromatic carbocycles.